The smallest absolute Gasteiger partial charge is 0.166 e. The second kappa shape index (κ2) is 8.49. The second-order valence-electron chi connectivity index (χ2n) is 6.75. The molecule has 2 N–H and O–H groups in total. The van der Waals surface area contributed by atoms with E-state index in [9.17, 15) is 0 Å². The Morgan fingerprint density at radius 1 is 1.14 bits per heavy atom. The zero-order valence-electron chi connectivity index (χ0n) is 14.1. The molecule has 1 aliphatic rings. The van der Waals surface area contributed by atoms with E-state index in [1.54, 1.807) is 0 Å². The van der Waals surface area contributed by atoms with Gasteiger partial charge in [-0.3, -0.25) is 0 Å². The maximum absolute atomic E-state index is 5.44. The van der Waals surface area contributed by atoms with Gasteiger partial charge in [0.15, 0.2) is 5.11 Å². The summed E-state index contributed by atoms with van der Waals surface area (Å²) in [4.78, 5) is 2.18. The average Bonchev–Trinajstić information content (AvgIpc) is 2.48. The number of benzene rings is 1. The molecule has 2 atom stereocenters. The van der Waals surface area contributed by atoms with Crippen molar-refractivity contribution in [3.8, 4) is 0 Å². The van der Waals surface area contributed by atoms with Crippen LogP contribution in [-0.2, 0) is 13.1 Å². The van der Waals surface area contributed by atoms with Gasteiger partial charge in [-0.05, 0) is 56.2 Å². The zero-order chi connectivity index (χ0) is 15.9. The summed E-state index contributed by atoms with van der Waals surface area (Å²) in [6.45, 7) is 4.09. The summed E-state index contributed by atoms with van der Waals surface area (Å²) >= 11 is 5.44. The molecule has 0 amide bonds. The van der Waals surface area contributed by atoms with Crippen LogP contribution < -0.4 is 10.6 Å². The summed E-state index contributed by atoms with van der Waals surface area (Å²) in [7, 11) is 4.18. The van der Waals surface area contributed by atoms with Gasteiger partial charge in [0, 0.05) is 19.1 Å². The molecule has 0 aliphatic heterocycles. The van der Waals surface area contributed by atoms with Gasteiger partial charge in [-0.2, -0.15) is 0 Å². The molecule has 0 radical (unpaired) electrons. The number of thiocarbonyl (C=S) groups is 1. The molecule has 2 rings (SSSR count). The molecule has 0 aromatic heterocycles. The Hall–Kier alpha value is -1.13. The van der Waals surface area contributed by atoms with Crippen LogP contribution in [0.5, 0.6) is 0 Å². The third-order valence-corrected chi connectivity index (χ3v) is 4.67. The van der Waals surface area contributed by atoms with Crippen LogP contribution in [0, 0.1) is 5.92 Å². The molecule has 1 aromatic rings. The van der Waals surface area contributed by atoms with Gasteiger partial charge in [-0.1, -0.05) is 44.0 Å². The number of hydrogen-bond donors (Lipinski definition) is 2. The summed E-state index contributed by atoms with van der Waals surface area (Å²) in [6.07, 6.45) is 5.23. The van der Waals surface area contributed by atoms with Crippen molar-refractivity contribution in [3.63, 3.8) is 0 Å². The Bertz CT molecular complexity index is 470. The van der Waals surface area contributed by atoms with Crippen LogP contribution in [0.3, 0.4) is 0 Å². The summed E-state index contributed by atoms with van der Waals surface area (Å²) in [5.74, 6) is 0.721. The standard InChI is InChI=1S/C18H29N3S/c1-14-6-4-5-7-17(14)20-18(22)19-12-15-8-10-16(11-9-15)13-21(2)3/h8-11,14,17H,4-7,12-13H2,1-3H3,(H2,19,20,22)/t14-,17+/m0/s1. The fraction of sp³-hybridized carbons (Fsp3) is 0.611. The van der Waals surface area contributed by atoms with Crippen LogP contribution in [0.25, 0.3) is 0 Å². The first-order chi connectivity index (χ1) is 10.5. The highest BCUT2D eigenvalue weighted by Crippen LogP contribution is 2.23. The summed E-state index contributed by atoms with van der Waals surface area (Å²) in [6, 6.07) is 9.28. The Morgan fingerprint density at radius 2 is 1.77 bits per heavy atom. The normalized spacial score (nSPS) is 21.6. The molecule has 3 nitrogen and oxygen atoms in total. The zero-order valence-corrected chi connectivity index (χ0v) is 14.9. The highest BCUT2D eigenvalue weighted by molar-refractivity contribution is 7.80. The lowest BCUT2D eigenvalue weighted by Gasteiger charge is -2.30. The van der Waals surface area contributed by atoms with Gasteiger partial charge in [-0.15, -0.1) is 0 Å². The van der Waals surface area contributed by atoms with Crippen molar-refractivity contribution in [2.75, 3.05) is 14.1 Å². The van der Waals surface area contributed by atoms with Crippen LogP contribution >= 0.6 is 12.2 Å². The molecule has 1 fully saturated rings. The highest BCUT2D eigenvalue weighted by Gasteiger charge is 2.21. The lowest BCUT2D eigenvalue weighted by Crippen LogP contribution is -2.45. The number of nitrogens with one attached hydrogen (secondary N) is 2. The molecule has 1 saturated carbocycles. The van der Waals surface area contributed by atoms with E-state index in [4.69, 9.17) is 12.2 Å². The molecule has 0 spiro atoms. The fourth-order valence-electron chi connectivity index (χ4n) is 3.06. The van der Waals surface area contributed by atoms with Gasteiger partial charge in [0.1, 0.15) is 0 Å². The number of hydrogen-bond acceptors (Lipinski definition) is 2. The van der Waals surface area contributed by atoms with E-state index < -0.39 is 0 Å². The van der Waals surface area contributed by atoms with Crippen molar-refractivity contribution >= 4 is 17.3 Å². The first-order valence-electron chi connectivity index (χ1n) is 8.31. The Kier molecular flexibility index (Phi) is 6.65. The maximum atomic E-state index is 5.44. The molecule has 0 unspecified atom stereocenters. The monoisotopic (exact) mass is 319 g/mol. The average molecular weight is 320 g/mol. The summed E-state index contributed by atoms with van der Waals surface area (Å²) in [5.41, 5.74) is 2.61. The van der Waals surface area contributed by atoms with Crippen LogP contribution in [-0.4, -0.2) is 30.1 Å². The van der Waals surface area contributed by atoms with Gasteiger partial charge in [0.2, 0.25) is 0 Å². The van der Waals surface area contributed by atoms with Crippen molar-refractivity contribution in [3.05, 3.63) is 35.4 Å². The molecule has 0 saturated heterocycles. The van der Waals surface area contributed by atoms with E-state index in [-0.39, 0.29) is 0 Å². The SMILES string of the molecule is C[C@H]1CCCC[C@H]1NC(=S)NCc1ccc(CN(C)C)cc1. The maximum Gasteiger partial charge on any atom is 0.166 e. The Balaban J connectivity index is 1.76. The van der Waals surface area contributed by atoms with Crippen molar-refractivity contribution < 1.29 is 0 Å². The van der Waals surface area contributed by atoms with Gasteiger partial charge in [0.05, 0.1) is 0 Å². The minimum atomic E-state index is 0.538. The lowest BCUT2D eigenvalue weighted by molar-refractivity contribution is 0.308. The Morgan fingerprint density at radius 3 is 2.41 bits per heavy atom. The van der Waals surface area contributed by atoms with E-state index >= 15 is 0 Å². The molecule has 122 valence electrons. The fourth-order valence-corrected chi connectivity index (χ4v) is 3.28. The van der Waals surface area contributed by atoms with E-state index in [2.05, 4.69) is 60.8 Å². The van der Waals surface area contributed by atoms with Crippen molar-refractivity contribution in [1.29, 1.82) is 0 Å². The van der Waals surface area contributed by atoms with Crippen molar-refractivity contribution in [2.24, 2.45) is 5.92 Å². The minimum Gasteiger partial charge on any atom is -0.360 e. The number of nitrogens with zero attached hydrogens (tertiary/aromatic N) is 1. The van der Waals surface area contributed by atoms with Gasteiger partial charge < -0.3 is 15.5 Å². The summed E-state index contributed by atoms with van der Waals surface area (Å²) < 4.78 is 0. The van der Waals surface area contributed by atoms with Crippen molar-refractivity contribution in [1.82, 2.24) is 15.5 Å². The van der Waals surface area contributed by atoms with E-state index in [0.29, 0.717) is 6.04 Å². The molecular formula is C18H29N3S. The van der Waals surface area contributed by atoms with Crippen LogP contribution in [0.15, 0.2) is 24.3 Å². The van der Waals surface area contributed by atoms with E-state index in [1.807, 2.05) is 0 Å². The molecule has 1 aromatic carbocycles. The largest absolute Gasteiger partial charge is 0.360 e. The predicted octanol–water partition coefficient (Wildman–Crippen LogP) is 3.29. The first kappa shape index (κ1) is 17.2. The van der Waals surface area contributed by atoms with Gasteiger partial charge in [0.25, 0.3) is 0 Å². The topological polar surface area (TPSA) is 27.3 Å². The van der Waals surface area contributed by atoms with Crippen LogP contribution in [0.1, 0.15) is 43.7 Å². The molecule has 0 heterocycles. The third-order valence-electron chi connectivity index (χ3n) is 4.40. The third kappa shape index (κ3) is 5.58. The van der Waals surface area contributed by atoms with E-state index in [0.717, 1.165) is 24.1 Å². The quantitative estimate of drug-likeness (QED) is 0.815. The first-order valence-corrected chi connectivity index (χ1v) is 8.72. The van der Waals surface area contributed by atoms with Crippen LogP contribution in [0.4, 0.5) is 0 Å². The van der Waals surface area contributed by atoms with Gasteiger partial charge in [-0.25, -0.2) is 0 Å². The second-order valence-corrected chi connectivity index (χ2v) is 7.16. The highest BCUT2D eigenvalue weighted by atomic mass is 32.1. The molecule has 4 heteroatoms. The molecule has 0 bridgehead atoms. The molecule has 22 heavy (non-hydrogen) atoms. The summed E-state index contributed by atoms with van der Waals surface area (Å²) in [5, 5.41) is 7.62. The van der Waals surface area contributed by atoms with E-state index in [1.165, 1.54) is 36.8 Å². The van der Waals surface area contributed by atoms with Crippen molar-refractivity contribution in [2.45, 2.75) is 51.7 Å². The minimum absolute atomic E-state index is 0.538. The predicted molar refractivity (Wildman–Crippen MR) is 97.8 cm³/mol. The van der Waals surface area contributed by atoms with Crippen LogP contribution in [0.2, 0.25) is 0 Å². The van der Waals surface area contributed by atoms with Gasteiger partial charge >= 0.3 is 0 Å². The lowest BCUT2D eigenvalue weighted by atomic mass is 9.86. The molecule has 1 aliphatic carbocycles. The Labute approximate surface area is 140 Å². The molecular weight excluding hydrogens is 290 g/mol. The number of rotatable bonds is 5.